The second-order valence-electron chi connectivity index (χ2n) is 9.97. The molecule has 7 aromatic rings. The van der Waals surface area contributed by atoms with Crippen LogP contribution in [0.5, 0.6) is 0 Å². The molecule has 0 unspecified atom stereocenters. The summed E-state index contributed by atoms with van der Waals surface area (Å²) in [4.78, 5) is 7.08. The maximum atomic E-state index is 5.76. The second kappa shape index (κ2) is 11.8. The smallest absolute Gasteiger partial charge is 0.138 e. The molecule has 0 fully saturated rings. The van der Waals surface area contributed by atoms with E-state index in [1.54, 1.807) is 23.5 Å². The molecular weight excluding hydrogens is 593 g/mol. The summed E-state index contributed by atoms with van der Waals surface area (Å²) in [5.74, 6) is 1.56. The number of para-hydroxylation sites is 4. The van der Waals surface area contributed by atoms with Gasteiger partial charge in [-0.25, -0.2) is 0 Å². The van der Waals surface area contributed by atoms with E-state index in [9.17, 15) is 0 Å². The highest BCUT2D eigenvalue weighted by molar-refractivity contribution is 8.23. The summed E-state index contributed by atoms with van der Waals surface area (Å²) in [5, 5.41) is 11.7. The second-order valence-corrected chi connectivity index (χ2v) is 13.3. The number of thiocarbonyl (C=S) groups is 2. The quantitative estimate of drug-likeness (QED) is 0.139. The minimum absolute atomic E-state index is 0.743. The van der Waals surface area contributed by atoms with E-state index in [4.69, 9.17) is 24.4 Å². The van der Waals surface area contributed by atoms with Crippen LogP contribution in [0.2, 0.25) is 0 Å². The Bertz CT molecular complexity index is 1960. The highest BCUT2D eigenvalue weighted by Gasteiger charge is 2.12. The average molecular weight is 619 g/mol. The number of aromatic amines is 2. The van der Waals surface area contributed by atoms with Crippen molar-refractivity contribution in [2.75, 3.05) is 10.6 Å². The number of thioether (sulfide) groups is 2. The van der Waals surface area contributed by atoms with Gasteiger partial charge in [-0.2, -0.15) is 0 Å². The molecule has 0 saturated heterocycles. The fourth-order valence-electron chi connectivity index (χ4n) is 5.37. The van der Waals surface area contributed by atoms with E-state index in [2.05, 4.69) is 118 Å². The lowest BCUT2D eigenvalue weighted by molar-refractivity contribution is 1.29. The Kier molecular flexibility index (Phi) is 7.61. The van der Waals surface area contributed by atoms with Gasteiger partial charge in [-0.15, -0.1) is 0 Å². The molecule has 206 valence electrons. The van der Waals surface area contributed by atoms with Crippen molar-refractivity contribution in [3.8, 4) is 0 Å². The zero-order valence-electron chi connectivity index (χ0n) is 22.4. The lowest BCUT2D eigenvalue weighted by Crippen LogP contribution is -2.07. The third-order valence-corrected chi connectivity index (χ3v) is 9.94. The third kappa shape index (κ3) is 5.39. The summed E-state index contributed by atoms with van der Waals surface area (Å²) < 4.78 is 1.49. The molecule has 0 bridgehead atoms. The number of hydrogen-bond acceptors (Lipinski definition) is 4. The van der Waals surface area contributed by atoms with Crippen molar-refractivity contribution in [2.24, 2.45) is 0 Å². The summed E-state index contributed by atoms with van der Waals surface area (Å²) in [7, 11) is 0. The lowest BCUT2D eigenvalue weighted by atomic mass is 10.1. The van der Waals surface area contributed by atoms with E-state index in [1.165, 1.54) is 32.7 Å². The third-order valence-electron chi connectivity index (χ3n) is 7.39. The van der Waals surface area contributed by atoms with Crippen LogP contribution in [0.4, 0.5) is 11.4 Å². The zero-order chi connectivity index (χ0) is 28.5. The Labute approximate surface area is 262 Å². The monoisotopic (exact) mass is 618 g/mol. The van der Waals surface area contributed by atoms with Gasteiger partial charge in [0.2, 0.25) is 0 Å². The number of nitrogens with one attached hydrogen (secondary N) is 4. The number of anilines is 2. The van der Waals surface area contributed by atoms with Gasteiger partial charge in [0, 0.05) is 44.1 Å². The molecule has 0 aliphatic rings. The van der Waals surface area contributed by atoms with Crippen molar-refractivity contribution in [3.63, 3.8) is 0 Å². The fourth-order valence-corrected chi connectivity index (χ4v) is 7.45. The minimum Gasteiger partial charge on any atom is -0.353 e. The average Bonchev–Trinajstić information content (AvgIpc) is 3.59. The maximum absolute atomic E-state index is 5.76. The van der Waals surface area contributed by atoms with E-state index >= 15 is 0 Å². The van der Waals surface area contributed by atoms with Crippen molar-refractivity contribution in [3.05, 3.63) is 120 Å². The summed E-state index contributed by atoms with van der Waals surface area (Å²) in [6, 6.07) is 37.8. The molecule has 0 atom stereocenters. The Morgan fingerprint density at radius 1 is 0.500 bits per heavy atom. The highest BCUT2D eigenvalue weighted by Crippen LogP contribution is 2.33. The molecule has 0 radical (unpaired) electrons. The van der Waals surface area contributed by atoms with Crippen molar-refractivity contribution in [2.45, 2.75) is 11.5 Å². The van der Waals surface area contributed by atoms with Crippen LogP contribution in [0, 0.1) is 0 Å². The molecule has 7 rings (SSSR count). The van der Waals surface area contributed by atoms with E-state index in [-0.39, 0.29) is 0 Å². The summed E-state index contributed by atoms with van der Waals surface area (Å²) in [6.07, 6.45) is 0. The van der Waals surface area contributed by atoms with E-state index in [0.717, 1.165) is 53.6 Å². The van der Waals surface area contributed by atoms with Gasteiger partial charge in [-0.1, -0.05) is 133 Å². The molecule has 4 nitrogen and oxygen atoms in total. The van der Waals surface area contributed by atoms with Crippen molar-refractivity contribution in [1.82, 2.24) is 9.97 Å². The first-order valence-corrected chi connectivity index (χ1v) is 16.4. The first kappa shape index (κ1) is 27.0. The van der Waals surface area contributed by atoms with E-state index < -0.39 is 0 Å². The van der Waals surface area contributed by atoms with Gasteiger partial charge in [-0.05, 0) is 35.4 Å². The van der Waals surface area contributed by atoms with Gasteiger partial charge in [-0.3, -0.25) is 0 Å². The van der Waals surface area contributed by atoms with Crippen LogP contribution in [0.15, 0.2) is 109 Å². The van der Waals surface area contributed by atoms with E-state index in [0.29, 0.717) is 0 Å². The molecule has 2 heterocycles. The Morgan fingerprint density at radius 3 is 1.38 bits per heavy atom. The number of aromatic nitrogens is 2. The lowest BCUT2D eigenvalue weighted by Gasteiger charge is -2.13. The van der Waals surface area contributed by atoms with Crippen LogP contribution < -0.4 is 10.6 Å². The molecule has 0 saturated carbocycles. The van der Waals surface area contributed by atoms with E-state index in [1.807, 2.05) is 12.1 Å². The van der Waals surface area contributed by atoms with Crippen molar-refractivity contribution >= 4 is 112 Å². The van der Waals surface area contributed by atoms with Crippen LogP contribution >= 0.6 is 48.0 Å². The summed E-state index contributed by atoms with van der Waals surface area (Å²) >= 11 is 14.8. The summed E-state index contributed by atoms with van der Waals surface area (Å²) in [5.41, 5.74) is 8.88. The number of benzene rings is 5. The first-order chi connectivity index (χ1) is 20.6. The fraction of sp³-hybridized carbons (Fsp3) is 0.0588. The van der Waals surface area contributed by atoms with Gasteiger partial charge < -0.3 is 20.6 Å². The number of fused-ring (bicyclic) bond motifs is 6. The topological polar surface area (TPSA) is 55.6 Å². The van der Waals surface area contributed by atoms with Crippen LogP contribution in [0.25, 0.3) is 43.6 Å². The molecule has 0 spiro atoms. The van der Waals surface area contributed by atoms with Gasteiger partial charge in [0.25, 0.3) is 0 Å². The Balaban J connectivity index is 0.999. The van der Waals surface area contributed by atoms with Gasteiger partial charge in [0.15, 0.2) is 0 Å². The van der Waals surface area contributed by atoms with Crippen LogP contribution in [-0.4, -0.2) is 18.6 Å². The Morgan fingerprint density at radius 2 is 0.905 bits per heavy atom. The molecule has 0 aliphatic heterocycles. The minimum atomic E-state index is 0.743. The van der Waals surface area contributed by atoms with Crippen LogP contribution in [0.1, 0.15) is 11.1 Å². The predicted octanol–water partition coefficient (Wildman–Crippen LogP) is 10.2. The maximum Gasteiger partial charge on any atom is 0.138 e. The standard InChI is InChI=1S/C34H26N4S4/c39-33(37-29-17-7-13-25-23-11-3-5-15-27(23)35-31(25)29)41-19-21-9-1-2-10-22(21)20-42-34(40)38-30-18-8-14-26-24-12-4-6-16-28(24)36-32(26)30/h1-18,35-36H,19-20H2,(H,37,39)(H,38,40). The largest absolute Gasteiger partial charge is 0.353 e. The first-order valence-electron chi connectivity index (χ1n) is 13.6. The predicted molar refractivity (Wildman–Crippen MR) is 193 cm³/mol. The van der Waals surface area contributed by atoms with Gasteiger partial charge in [0.1, 0.15) is 8.64 Å². The number of rotatable bonds is 6. The normalized spacial score (nSPS) is 11.4. The molecule has 8 heteroatoms. The van der Waals surface area contributed by atoms with Crippen LogP contribution in [-0.2, 0) is 11.5 Å². The van der Waals surface area contributed by atoms with Crippen molar-refractivity contribution < 1.29 is 0 Å². The highest BCUT2D eigenvalue weighted by atomic mass is 32.2. The molecule has 42 heavy (non-hydrogen) atoms. The number of H-pyrrole nitrogens is 2. The van der Waals surface area contributed by atoms with Crippen molar-refractivity contribution in [1.29, 1.82) is 0 Å². The Hall–Kier alpha value is -3.82. The number of hydrogen-bond donors (Lipinski definition) is 4. The molecule has 2 aromatic heterocycles. The molecular formula is C34H26N4S4. The summed E-state index contributed by atoms with van der Waals surface area (Å²) in [6.45, 7) is 0. The van der Waals surface area contributed by atoms with Gasteiger partial charge >= 0.3 is 0 Å². The SMILES string of the molecule is S=C(Nc1cccc2c1[nH]c1ccccc12)SCc1ccccc1CSC(=S)Nc1cccc2c1[nH]c1ccccc12. The zero-order valence-corrected chi connectivity index (χ0v) is 25.7. The molecule has 0 amide bonds. The molecule has 5 aromatic carbocycles. The van der Waals surface area contributed by atoms with Crippen LogP contribution in [0.3, 0.4) is 0 Å². The molecule has 0 aliphatic carbocycles. The van der Waals surface area contributed by atoms with Gasteiger partial charge in [0.05, 0.1) is 22.4 Å². The molecule has 4 N–H and O–H groups in total.